The minimum atomic E-state index is -3.54. The van der Waals surface area contributed by atoms with E-state index in [1.807, 2.05) is 32.0 Å². The van der Waals surface area contributed by atoms with Crippen LogP contribution in [-0.4, -0.2) is 44.0 Å². The van der Waals surface area contributed by atoms with Crippen molar-refractivity contribution in [3.63, 3.8) is 0 Å². The zero-order valence-electron chi connectivity index (χ0n) is 17.4. The molecule has 2 aromatic carbocycles. The smallest absolute Gasteiger partial charge is 0.243 e. The minimum Gasteiger partial charge on any atom is -0.508 e. The summed E-state index contributed by atoms with van der Waals surface area (Å²) in [7, 11) is -3.54. The van der Waals surface area contributed by atoms with Gasteiger partial charge >= 0.3 is 0 Å². The van der Waals surface area contributed by atoms with E-state index in [2.05, 4.69) is 25.7 Å². The Morgan fingerprint density at radius 3 is 2.00 bits per heavy atom. The van der Waals surface area contributed by atoms with E-state index in [1.165, 1.54) is 0 Å². The Morgan fingerprint density at radius 1 is 0.929 bits per heavy atom. The largest absolute Gasteiger partial charge is 0.508 e. The molecule has 3 rings (SSSR count). The quantitative estimate of drug-likeness (QED) is 0.848. The van der Waals surface area contributed by atoms with Crippen LogP contribution >= 0.6 is 0 Å². The summed E-state index contributed by atoms with van der Waals surface area (Å²) in [4.78, 5) is 2.54. The summed E-state index contributed by atoms with van der Waals surface area (Å²) in [5.41, 5.74) is 3.65. The van der Waals surface area contributed by atoms with Gasteiger partial charge in [-0.25, -0.2) is 8.42 Å². The Morgan fingerprint density at radius 2 is 1.50 bits per heavy atom. The normalized spacial score (nSPS) is 16.4. The van der Waals surface area contributed by atoms with Gasteiger partial charge in [-0.3, -0.25) is 0 Å². The van der Waals surface area contributed by atoms with Gasteiger partial charge < -0.3 is 10.0 Å². The first-order valence-corrected chi connectivity index (χ1v) is 11.1. The Bertz CT molecular complexity index is 947. The van der Waals surface area contributed by atoms with Crippen LogP contribution in [0.2, 0.25) is 0 Å². The van der Waals surface area contributed by atoms with Gasteiger partial charge in [0.2, 0.25) is 10.0 Å². The van der Waals surface area contributed by atoms with Crippen molar-refractivity contribution in [3.05, 3.63) is 53.1 Å². The maximum atomic E-state index is 13.4. The van der Waals surface area contributed by atoms with Crippen LogP contribution in [0.5, 0.6) is 5.75 Å². The molecule has 1 fully saturated rings. The molecule has 2 aromatic rings. The van der Waals surface area contributed by atoms with E-state index in [-0.39, 0.29) is 11.2 Å². The van der Waals surface area contributed by atoms with Crippen LogP contribution in [0.25, 0.3) is 0 Å². The molecule has 1 N–H and O–H groups in total. The van der Waals surface area contributed by atoms with Crippen molar-refractivity contribution < 1.29 is 13.5 Å². The zero-order valence-corrected chi connectivity index (χ0v) is 18.2. The molecule has 1 heterocycles. The standard InChI is InChI=1S/C22H30N2O3S/c1-16-13-18(22(3,4)5)14-17(2)21(16)28(26,27)24-11-9-23(10-12-24)19-7-6-8-20(25)15-19/h6-8,13-15,25H,9-12H2,1-5H3. The molecule has 152 valence electrons. The lowest BCUT2D eigenvalue weighted by atomic mass is 9.85. The molecule has 0 saturated carbocycles. The van der Waals surface area contributed by atoms with E-state index in [9.17, 15) is 13.5 Å². The number of anilines is 1. The first-order chi connectivity index (χ1) is 13.0. The Balaban J connectivity index is 1.83. The van der Waals surface area contributed by atoms with E-state index in [0.29, 0.717) is 31.1 Å². The SMILES string of the molecule is Cc1cc(C(C)(C)C)cc(C)c1S(=O)(=O)N1CCN(c2cccc(O)c2)CC1. The fourth-order valence-electron chi connectivity index (χ4n) is 3.80. The summed E-state index contributed by atoms with van der Waals surface area (Å²) in [5.74, 6) is 0.220. The summed E-state index contributed by atoms with van der Waals surface area (Å²) in [5, 5.41) is 9.68. The van der Waals surface area contributed by atoms with E-state index in [0.717, 1.165) is 22.4 Å². The molecule has 0 spiro atoms. The number of aromatic hydroxyl groups is 1. The van der Waals surface area contributed by atoms with Crippen molar-refractivity contribution in [1.82, 2.24) is 4.31 Å². The van der Waals surface area contributed by atoms with Crippen LogP contribution in [0.4, 0.5) is 5.69 Å². The van der Waals surface area contributed by atoms with Gasteiger partial charge in [-0.2, -0.15) is 4.31 Å². The van der Waals surface area contributed by atoms with Gasteiger partial charge in [-0.1, -0.05) is 39.0 Å². The number of nitrogens with zero attached hydrogens (tertiary/aromatic N) is 2. The molecule has 0 atom stereocenters. The van der Waals surface area contributed by atoms with Gasteiger partial charge in [0, 0.05) is 37.9 Å². The van der Waals surface area contributed by atoms with Gasteiger partial charge in [0.05, 0.1) is 4.90 Å². The molecule has 0 aliphatic carbocycles. The van der Waals surface area contributed by atoms with Crippen LogP contribution in [0, 0.1) is 13.8 Å². The first kappa shape index (κ1) is 20.7. The molecule has 1 aliphatic rings. The number of sulfonamides is 1. The lowest BCUT2D eigenvalue weighted by Gasteiger charge is -2.36. The highest BCUT2D eigenvalue weighted by Crippen LogP contribution is 2.31. The predicted molar refractivity (Wildman–Crippen MR) is 114 cm³/mol. The van der Waals surface area contributed by atoms with E-state index < -0.39 is 10.0 Å². The molecule has 0 aromatic heterocycles. The number of benzene rings is 2. The Labute approximate surface area is 168 Å². The van der Waals surface area contributed by atoms with Gasteiger partial charge in [0.15, 0.2) is 0 Å². The minimum absolute atomic E-state index is 0.0231. The lowest BCUT2D eigenvalue weighted by Crippen LogP contribution is -2.48. The predicted octanol–water partition coefficient (Wildman–Crippen LogP) is 3.82. The highest BCUT2D eigenvalue weighted by atomic mass is 32.2. The van der Waals surface area contributed by atoms with Crippen LogP contribution in [0.1, 0.15) is 37.5 Å². The lowest BCUT2D eigenvalue weighted by molar-refractivity contribution is 0.384. The summed E-state index contributed by atoms with van der Waals surface area (Å²) in [6.45, 7) is 12.2. The first-order valence-electron chi connectivity index (χ1n) is 9.66. The van der Waals surface area contributed by atoms with Crippen molar-refractivity contribution in [3.8, 4) is 5.75 Å². The van der Waals surface area contributed by atoms with Gasteiger partial charge in [-0.15, -0.1) is 0 Å². The molecule has 0 bridgehead atoms. The van der Waals surface area contributed by atoms with Crippen molar-refractivity contribution in [2.75, 3.05) is 31.1 Å². The number of aryl methyl sites for hydroxylation is 2. The van der Waals surface area contributed by atoms with E-state index >= 15 is 0 Å². The average Bonchev–Trinajstić information content (AvgIpc) is 2.60. The molecule has 0 unspecified atom stereocenters. The second-order valence-electron chi connectivity index (χ2n) is 8.60. The number of rotatable bonds is 3. The molecular weight excluding hydrogens is 372 g/mol. The molecule has 0 amide bonds. The maximum absolute atomic E-state index is 13.4. The van der Waals surface area contributed by atoms with Gasteiger partial charge in [0.1, 0.15) is 5.75 Å². The Hall–Kier alpha value is -2.05. The zero-order chi connectivity index (χ0) is 20.7. The summed E-state index contributed by atoms with van der Waals surface area (Å²) < 4.78 is 28.3. The van der Waals surface area contributed by atoms with Crippen molar-refractivity contribution in [2.24, 2.45) is 0 Å². The van der Waals surface area contributed by atoms with Crippen LogP contribution in [0.15, 0.2) is 41.3 Å². The summed E-state index contributed by atoms with van der Waals surface area (Å²) >= 11 is 0. The van der Waals surface area contributed by atoms with Crippen molar-refractivity contribution >= 4 is 15.7 Å². The molecule has 0 radical (unpaired) electrons. The molecule has 6 heteroatoms. The molecule has 28 heavy (non-hydrogen) atoms. The number of piperazine rings is 1. The third-order valence-corrected chi connectivity index (χ3v) is 7.56. The molecular formula is C22H30N2O3S. The van der Waals surface area contributed by atoms with Crippen LogP contribution in [-0.2, 0) is 15.4 Å². The molecule has 1 aliphatic heterocycles. The highest BCUT2D eigenvalue weighted by Gasteiger charge is 2.31. The van der Waals surface area contributed by atoms with Gasteiger partial charge in [0.25, 0.3) is 0 Å². The number of hydrogen-bond donors (Lipinski definition) is 1. The second kappa shape index (κ2) is 7.41. The van der Waals surface area contributed by atoms with Crippen LogP contribution < -0.4 is 4.90 Å². The Kier molecular flexibility index (Phi) is 5.47. The van der Waals surface area contributed by atoms with Crippen LogP contribution in [0.3, 0.4) is 0 Å². The summed E-state index contributed by atoms with van der Waals surface area (Å²) in [6.07, 6.45) is 0. The maximum Gasteiger partial charge on any atom is 0.243 e. The van der Waals surface area contributed by atoms with Gasteiger partial charge in [-0.05, 0) is 48.1 Å². The average molecular weight is 403 g/mol. The topological polar surface area (TPSA) is 60.9 Å². The fraction of sp³-hybridized carbons (Fsp3) is 0.455. The molecule has 5 nitrogen and oxygen atoms in total. The fourth-order valence-corrected chi connectivity index (χ4v) is 5.63. The van der Waals surface area contributed by atoms with Crippen molar-refractivity contribution in [2.45, 2.75) is 44.9 Å². The number of phenols is 1. The third kappa shape index (κ3) is 4.03. The molecule has 1 saturated heterocycles. The van der Waals surface area contributed by atoms with Crippen molar-refractivity contribution in [1.29, 1.82) is 0 Å². The number of phenolic OH excluding ortho intramolecular Hbond substituents is 1. The highest BCUT2D eigenvalue weighted by molar-refractivity contribution is 7.89. The number of hydrogen-bond acceptors (Lipinski definition) is 4. The van der Waals surface area contributed by atoms with E-state index in [1.54, 1.807) is 22.5 Å². The monoisotopic (exact) mass is 402 g/mol. The summed E-state index contributed by atoms with van der Waals surface area (Å²) in [6, 6.07) is 11.1. The van der Waals surface area contributed by atoms with E-state index in [4.69, 9.17) is 0 Å². The second-order valence-corrected chi connectivity index (χ2v) is 10.5. The third-order valence-electron chi connectivity index (χ3n) is 5.36.